The molecule has 3 nitrogen and oxygen atoms in total. The van der Waals surface area contributed by atoms with Crippen molar-refractivity contribution in [3.63, 3.8) is 0 Å². The SMILES string of the molecule is CC(C(=O)c1cccc(Cl)c1)S(=O)C1CCOCC1. The summed E-state index contributed by atoms with van der Waals surface area (Å²) in [6, 6.07) is 6.80. The number of benzene rings is 1. The summed E-state index contributed by atoms with van der Waals surface area (Å²) < 4.78 is 17.7. The van der Waals surface area contributed by atoms with Crippen LogP contribution in [0.1, 0.15) is 30.1 Å². The van der Waals surface area contributed by atoms with Crippen molar-refractivity contribution in [2.24, 2.45) is 0 Å². The summed E-state index contributed by atoms with van der Waals surface area (Å²) in [6.07, 6.45) is 1.53. The number of carbonyl (C=O) groups excluding carboxylic acids is 1. The molecule has 1 saturated heterocycles. The molecule has 2 rings (SSSR count). The summed E-state index contributed by atoms with van der Waals surface area (Å²) in [4.78, 5) is 12.3. The van der Waals surface area contributed by atoms with Crippen molar-refractivity contribution < 1.29 is 13.7 Å². The first-order valence-corrected chi connectivity index (χ1v) is 8.02. The van der Waals surface area contributed by atoms with Gasteiger partial charge in [-0.15, -0.1) is 0 Å². The summed E-state index contributed by atoms with van der Waals surface area (Å²) in [5.41, 5.74) is 0.528. The van der Waals surface area contributed by atoms with Crippen LogP contribution in [0.2, 0.25) is 5.02 Å². The first-order valence-electron chi connectivity index (χ1n) is 6.36. The molecule has 0 amide bonds. The van der Waals surface area contributed by atoms with Gasteiger partial charge >= 0.3 is 0 Å². The molecule has 1 aromatic carbocycles. The van der Waals surface area contributed by atoms with Crippen LogP contribution in [0.4, 0.5) is 0 Å². The van der Waals surface area contributed by atoms with E-state index in [9.17, 15) is 9.00 Å². The van der Waals surface area contributed by atoms with Crippen LogP contribution in [0.25, 0.3) is 0 Å². The topological polar surface area (TPSA) is 43.4 Å². The molecule has 1 heterocycles. The van der Waals surface area contributed by atoms with Crippen molar-refractivity contribution >= 4 is 28.2 Å². The molecule has 0 radical (unpaired) electrons. The number of hydrogen-bond acceptors (Lipinski definition) is 3. The van der Waals surface area contributed by atoms with E-state index in [0.717, 1.165) is 12.8 Å². The predicted molar refractivity (Wildman–Crippen MR) is 77.2 cm³/mol. The van der Waals surface area contributed by atoms with Gasteiger partial charge in [-0.3, -0.25) is 9.00 Å². The van der Waals surface area contributed by atoms with Gasteiger partial charge in [0.2, 0.25) is 0 Å². The molecule has 0 aromatic heterocycles. The van der Waals surface area contributed by atoms with Crippen LogP contribution in [0.5, 0.6) is 0 Å². The monoisotopic (exact) mass is 300 g/mol. The fourth-order valence-corrected chi connectivity index (χ4v) is 3.95. The lowest BCUT2D eigenvalue weighted by Gasteiger charge is -2.24. The Labute approximate surface area is 120 Å². The Morgan fingerprint density at radius 3 is 2.74 bits per heavy atom. The van der Waals surface area contributed by atoms with Crippen molar-refractivity contribution in [3.05, 3.63) is 34.9 Å². The molecule has 1 aliphatic rings. The molecular formula is C14H17ClO3S. The Hall–Kier alpha value is -0.710. The highest BCUT2D eigenvalue weighted by molar-refractivity contribution is 7.87. The minimum atomic E-state index is -1.16. The minimum absolute atomic E-state index is 0.0619. The van der Waals surface area contributed by atoms with E-state index in [2.05, 4.69) is 0 Å². The second-order valence-corrected chi connectivity index (χ2v) is 7.12. The van der Waals surface area contributed by atoms with Crippen molar-refractivity contribution in [1.82, 2.24) is 0 Å². The second-order valence-electron chi connectivity index (χ2n) is 4.66. The number of ether oxygens (including phenoxy) is 1. The lowest BCUT2D eigenvalue weighted by atomic mass is 10.1. The van der Waals surface area contributed by atoms with E-state index in [1.165, 1.54) is 0 Å². The highest BCUT2D eigenvalue weighted by Crippen LogP contribution is 2.20. The zero-order chi connectivity index (χ0) is 13.8. The van der Waals surface area contributed by atoms with Crippen molar-refractivity contribution in [3.8, 4) is 0 Å². The number of ketones is 1. The summed E-state index contributed by atoms with van der Waals surface area (Å²) in [5, 5.41) is 0.0864. The zero-order valence-corrected chi connectivity index (χ0v) is 12.4. The predicted octanol–water partition coefficient (Wildman–Crippen LogP) is 2.84. The highest BCUT2D eigenvalue weighted by atomic mass is 35.5. The molecule has 0 saturated carbocycles. The van der Waals surface area contributed by atoms with Crippen LogP contribution in [-0.4, -0.2) is 33.7 Å². The third kappa shape index (κ3) is 3.65. The number of hydrogen-bond donors (Lipinski definition) is 0. The van der Waals surface area contributed by atoms with Crippen molar-refractivity contribution in [2.75, 3.05) is 13.2 Å². The zero-order valence-electron chi connectivity index (χ0n) is 10.8. The first-order chi connectivity index (χ1) is 9.09. The summed E-state index contributed by atoms with van der Waals surface area (Å²) >= 11 is 5.88. The molecule has 2 atom stereocenters. The Balaban J connectivity index is 2.08. The maximum absolute atomic E-state index is 12.4. The molecule has 0 N–H and O–H groups in total. The summed E-state index contributed by atoms with van der Waals surface area (Å²) in [6.45, 7) is 3.00. The van der Waals surface area contributed by atoms with Gasteiger partial charge in [-0.05, 0) is 31.9 Å². The van der Waals surface area contributed by atoms with E-state index in [0.29, 0.717) is 23.8 Å². The van der Waals surface area contributed by atoms with Crippen LogP contribution in [0, 0.1) is 0 Å². The Morgan fingerprint density at radius 1 is 1.42 bits per heavy atom. The Morgan fingerprint density at radius 2 is 2.11 bits per heavy atom. The Kier molecular flexibility index (Phi) is 5.13. The van der Waals surface area contributed by atoms with Gasteiger partial charge in [0.15, 0.2) is 5.78 Å². The molecular weight excluding hydrogens is 284 g/mol. The van der Waals surface area contributed by atoms with E-state index in [1.54, 1.807) is 31.2 Å². The van der Waals surface area contributed by atoms with Crippen LogP contribution in [-0.2, 0) is 15.5 Å². The molecule has 2 unspecified atom stereocenters. The second kappa shape index (κ2) is 6.64. The molecule has 104 valence electrons. The number of halogens is 1. The first kappa shape index (κ1) is 14.7. The van der Waals surface area contributed by atoms with Crippen LogP contribution in [0.15, 0.2) is 24.3 Å². The van der Waals surface area contributed by atoms with Gasteiger partial charge in [0.1, 0.15) is 0 Å². The fraction of sp³-hybridized carbons (Fsp3) is 0.500. The summed E-state index contributed by atoms with van der Waals surface area (Å²) in [7, 11) is -1.16. The van der Waals surface area contributed by atoms with Gasteiger partial charge in [-0.25, -0.2) is 0 Å². The lowest BCUT2D eigenvalue weighted by Crippen LogP contribution is -2.34. The molecule has 5 heteroatoms. The largest absolute Gasteiger partial charge is 0.381 e. The van der Waals surface area contributed by atoms with Gasteiger partial charge in [0.05, 0.1) is 5.25 Å². The molecule has 0 spiro atoms. The quantitative estimate of drug-likeness (QED) is 0.803. The molecule has 1 aromatic rings. The van der Waals surface area contributed by atoms with Gasteiger partial charge < -0.3 is 4.74 Å². The van der Waals surface area contributed by atoms with Crippen LogP contribution >= 0.6 is 11.6 Å². The standard InChI is InChI=1S/C14H17ClO3S/c1-10(19(17)13-5-7-18-8-6-13)14(16)11-3-2-4-12(15)9-11/h2-4,9-10,13H,5-8H2,1H3. The molecule has 1 aliphatic heterocycles. The third-order valence-corrected chi connectivity index (χ3v) is 5.60. The van der Waals surface area contributed by atoms with E-state index in [-0.39, 0.29) is 11.0 Å². The fourth-order valence-electron chi connectivity index (χ4n) is 2.18. The van der Waals surface area contributed by atoms with E-state index < -0.39 is 16.0 Å². The highest BCUT2D eigenvalue weighted by Gasteiger charge is 2.29. The van der Waals surface area contributed by atoms with E-state index in [1.807, 2.05) is 0 Å². The molecule has 0 aliphatic carbocycles. The van der Waals surface area contributed by atoms with Crippen molar-refractivity contribution in [2.45, 2.75) is 30.3 Å². The van der Waals surface area contributed by atoms with Gasteiger partial charge in [0.25, 0.3) is 0 Å². The van der Waals surface area contributed by atoms with Crippen molar-refractivity contribution in [1.29, 1.82) is 0 Å². The van der Waals surface area contributed by atoms with Gasteiger partial charge in [-0.1, -0.05) is 23.7 Å². The van der Waals surface area contributed by atoms with Gasteiger partial charge in [0, 0.05) is 39.8 Å². The smallest absolute Gasteiger partial charge is 0.178 e. The van der Waals surface area contributed by atoms with Crippen LogP contribution in [0.3, 0.4) is 0 Å². The maximum atomic E-state index is 12.4. The average molecular weight is 301 g/mol. The number of rotatable bonds is 4. The Bertz CT molecular complexity index is 483. The van der Waals surface area contributed by atoms with Crippen LogP contribution < -0.4 is 0 Å². The normalized spacial score (nSPS) is 19.9. The average Bonchev–Trinajstić information content (AvgIpc) is 2.46. The molecule has 19 heavy (non-hydrogen) atoms. The minimum Gasteiger partial charge on any atom is -0.381 e. The van der Waals surface area contributed by atoms with Gasteiger partial charge in [-0.2, -0.15) is 0 Å². The molecule has 0 bridgehead atoms. The summed E-state index contributed by atoms with van der Waals surface area (Å²) in [5.74, 6) is -0.104. The lowest BCUT2D eigenvalue weighted by molar-refractivity contribution is 0.0966. The van der Waals surface area contributed by atoms with E-state index in [4.69, 9.17) is 16.3 Å². The third-order valence-electron chi connectivity index (χ3n) is 3.32. The number of Topliss-reactive ketones (excluding diaryl/α,β-unsaturated/α-hetero) is 1. The maximum Gasteiger partial charge on any atom is 0.178 e. The molecule has 1 fully saturated rings. The van der Waals surface area contributed by atoms with E-state index >= 15 is 0 Å². The number of carbonyl (C=O) groups is 1.